The van der Waals surface area contributed by atoms with E-state index in [1.54, 1.807) is 19.5 Å². The number of ether oxygens (including phenoxy) is 1. The first-order valence-electron chi connectivity index (χ1n) is 5.56. The first-order chi connectivity index (χ1) is 8.88. The van der Waals surface area contributed by atoms with Crippen molar-refractivity contribution in [2.24, 2.45) is 0 Å². The Hall–Kier alpha value is -1.44. The molecule has 2 N–H and O–H groups in total. The van der Waals surface area contributed by atoms with Gasteiger partial charge in [-0.3, -0.25) is 0 Å². The number of aromatic amines is 1. The van der Waals surface area contributed by atoms with E-state index in [1.807, 2.05) is 12.4 Å². The van der Waals surface area contributed by atoms with Crippen LogP contribution in [-0.2, 0) is 11.3 Å². The van der Waals surface area contributed by atoms with Crippen LogP contribution in [0.15, 0.2) is 35.1 Å². The predicted molar refractivity (Wildman–Crippen MR) is 68.3 cm³/mol. The van der Waals surface area contributed by atoms with Gasteiger partial charge in [-0.05, 0) is 11.8 Å². The molecule has 0 aliphatic heterocycles. The summed E-state index contributed by atoms with van der Waals surface area (Å²) >= 11 is 1.41. The fraction of sp³-hybridized carbons (Fsp3) is 0.364. The lowest BCUT2D eigenvalue weighted by Gasteiger charge is -2.03. The fourth-order valence-corrected chi connectivity index (χ4v) is 1.91. The van der Waals surface area contributed by atoms with E-state index in [-0.39, 0.29) is 0 Å². The summed E-state index contributed by atoms with van der Waals surface area (Å²) in [7, 11) is 1.69. The number of methoxy groups -OCH3 is 1. The number of hydrogen-bond acceptors (Lipinski definition) is 6. The van der Waals surface area contributed by atoms with Gasteiger partial charge in [-0.15, -0.1) is 0 Å². The molecule has 2 heterocycles. The van der Waals surface area contributed by atoms with Crippen molar-refractivity contribution in [3.63, 3.8) is 0 Å². The monoisotopic (exact) mass is 265 g/mol. The molecule has 0 saturated carbocycles. The summed E-state index contributed by atoms with van der Waals surface area (Å²) < 4.78 is 4.95. The first-order valence-corrected chi connectivity index (χ1v) is 6.38. The Kier molecular flexibility index (Phi) is 5.13. The molecule has 0 saturated heterocycles. The Balaban J connectivity index is 1.82. The van der Waals surface area contributed by atoms with Crippen molar-refractivity contribution in [3.8, 4) is 0 Å². The zero-order valence-corrected chi connectivity index (χ0v) is 10.9. The topological polar surface area (TPSA) is 75.7 Å². The van der Waals surface area contributed by atoms with E-state index >= 15 is 0 Å². The molecule has 0 unspecified atom stereocenters. The quantitative estimate of drug-likeness (QED) is 0.576. The number of hydrogen-bond donors (Lipinski definition) is 2. The summed E-state index contributed by atoms with van der Waals surface area (Å²) in [5, 5.41) is 4.72. The molecule has 7 heteroatoms. The predicted octanol–water partition coefficient (Wildman–Crippen LogP) is 1.09. The minimum Gasteiger partial charge on any atom is -0.383 e. The molecule has 0 radical (unpaired) electrons. The van der Waals surface area contributed by atoms with E-state index in [4.69, 9.17) is 4.74 Å². The summed E-state index contributed by atoms with van der Waals surface area (Å²) in [6.45, 7) is 2.27. The minimum absolute atomic E-state index is 0.686. The SMILES string of the molecule is COCCNCc1cnc(Sc2ncc[nH]2)nc1. The number of nitrogens with zero attached hydrogens (tertiary/aromatic N) is 3. The summed E-state index contributed by atoms with van der Waals surface area (Å²) in [6.07, 6.45) is 7.11. The molecule has 2 aromatic rings. The van der Waals surface area contributed by atoms with E-state index in [2.05, 4.69) is 25.3 Å². The number of H-pyrrole nitrogens is 1. The van der Waals surface area contributed by atoms with Crippen LogP contribution in [0.5, 0.6) is 0 Å². The molecule has 2 rings (SSSR count). The number of aromatic nitrogens is 4. The third-order valence-electron chi connectivity index (χ3n) is 2.15. The lowest BCUT2D eigenvalue weighted by Crippen LogP contribution is -2.18. The molecule has 0 bridgehead atoms. The standard InChI is InChI=1S/C11H15N5OS/c1-17-5-4-12-6-9-7-15-11(16-8-9)18-10-13-2-3-14-10/h2-3,7-8,12H,4-6H2,1H3,(H,13,14). The van der Waals surface area contributed by atoms with Crippen molar-refractivity contribution < 1.29 is 4.74 Å². The van der Waals surface area contributed by atoms with Gasteiger partial charge in [0.05, 0.1) is 6.61 Å². The fourth-order valence-electron chi connectivity index (χ4n) is 1.29. The molecular weight excluding hydrogens is 250 g/mol. The second-order valence-corrected chi connectivity index (χ2v) is 4.50. The van der Waals surface area contributed by atoms with Crippen molar-refractivity contribution in [1.82, 2.24) is 25.3 Å². The third-order valence-corrected chi connectivity index (χ3v) is 2.96. The van der Waals surface area contributed by atoms with Crippen LogP contribution in [0, 0.1) is 0 Å². The lowest BCUT2D eigenvalue weighted by atomic mass is 10.3. The molecule has 0 fully saturated rings. The summed E-state index contributed by atoms with van der Waals surface area (Å²) in [5.41, 5.74) is 1.05. The van der Waals surface area contributed by atoms with Crippen LogP contribution in [0.25, 0.3) is 0 Å². The van der Waals surface area contributed by atoms with Gasteiger partial charge in [0.25, 0.3) is 0 Å². The van der Waals surface area contributed by atoms with Gasteiger partial charge in [0.1, 0.15) is 0 Å². The van der Waals surface area contributed by atoms with Gasteiger partial charge < -0.3 is 15.0 Å². The lowest BCUT2D eigenvalue weighted by molar-refractivity contribution is 0.199. The Morgan fingerprint density at radius 1 is 1.33 bits per heavy atom. The van der Waals surface area contributed by atoms with E-state index in [0.717, 1.165) is 23.8 Å². The Labute approximate surface area is 110 Å². The molecule has 0 atom stereocenters. The van der Waals surface area contributed by atoms with Gasteiger partial charge in [-0.1, -0.05) is 0 Å². The first kappa shape index (κ1) is 13.0. The van der Waals surface area contributed by atoms with E-state index in [0.29, 0.717) is 11.8 Å². The van der Waals surface area contributed by atoms with Gasteiger partial charge in [-0.25, -0.2) is 15.0 Å². The Morgan fingerprint density at radius 3 is 2.83 bits per heavy atom. The highest BCUT2D eigenvalue weighted by atomic mass is 32.2. The maximum absolute atomic E-state index is 4.95. The van der Waals surface area contributed by atoms with Crippen LogP contribution < -0.4 is 5.32 Å². The van der Waals surface area contributed by atoms with Crippen molar-refractivity contribution in [2.75, 3.05) is 20.3 Å². The highest BCUT2D eigenvalue weighted by molar-refractivity contribution is 7.99. The third kappa shape index (κ3) is 4.10. The van der Waals surface area contributed by atoms with E-state index in [1.165, 1.54) is 11.8 Å². The average Bonchev–Trinajstić information content (AvgIpc) is 2.89. The van der Waals surface area contributed by atoms with Gasteiger partial charge >= 0.3 is 0 Å². The average molecular weight is 265 g/mol. The smallest absolute Gasteiger partial charge is 0.195 e. The van der Waals surface area contributed by atoms with Crippen LogP contribution in [0.2, 0.25) is 0 Å². The number of imidazole rings is 1. The molecule has 0 spiro atoms. The van der Waals surface area contributed by atoms with Crippen LogP contribution in [0.4, 0.5) is 0 Å². The van der Waals surface area contributed by atoms with Crippen LogP contribution >= 0.6 is 11.8 Å². The summed E-state index contributed by atoms with van der Waals surface area (Å²) in [6, 6.07) is 0. The molecular formula is C11H15N5OS. The van der Waals surface area contributed by atoms with E-state index < -0.39 is 0 Å². The van der Waals surface area contributed by atoms with Crippen molar-refractivity contribution in [1.29, 1.82) is 0 Å². The summed E-state index contributed by atoms with van der Waals surface area (Å²) in [5.74, 6) is 0. The van der Waals surface area contributed by atoms with Gasteiger partial charge in [-0.2, -0.15) is 0 Å². The largest absolute Gasteiger partial charge is 0.383 e. The molecule has 2 aromatic heterocycles. The van der Waals surface area contributed by atoms with Crippen LogP contribution in [0.1, 0.15) is 5.56 Å². The Bertz CT molecular complexity index is 445. The highest BCUT2D eigenvalue weighted by Gasteiger charge is 2.02. The van der Waals surface area contributed by atoms with E-state index in [9.17, 15) is 0 Å². The van der Waals surface area contributed by atoms with Crippen LogP contribution in [0.3, 0.4) is 0 Å². The van der Waals surface area contributed by atoms with Crippen molar-refractivity contribution >= 4 is 11.8 Å². The molecule has 0 aromatic carbocycles. The zero-order valence-electron chi connectivity index (χ0n) is 10.1. The maximum atomic E-state index is 4.95. The zero-order chi connectivity index (χ0) is 12.6. The minimum atomic E-state index is 0.686. The molecule has 18 heavy (non-hydrogen) atoms. The van der Waals surface area contributed by atoms with Crippen LogP contribution in [-0.4, -0.2) is 40.2 Å². The van der Waals surface area contributed by atoms with Gasteiger partial charge in [0.15, 0.2) is 10.3 Å². The van der Waals surface area contributed by atoms with Crippen molar-refractivity contribution in [2.45, 2.75) is 16.9 Å². The number of rotatable bonds is 7. The maximum Gasteiger partial charge on any atom is 0.195 e. The molecule has 96 valence electrons. The molecule has 6 nitrogen and oxygen atoms in total. The second kappa shape index (κ2) is 7.10. The van der Waals surface area contributed by atoms with Gasteiger partial charge in [0.2, 0.25) is 0 Å². The normalized spacial score (nSPS) is 10.7. The Morgan fingerprint density at radius 2 is 2.17 bits per heavy atom. The number of nitrogens with one attached hydrogen (secondary N) is 2. The summed E-state index contributed by atoms with van der Waals surface area (Å²) in [4.78, 5) is 15.6. The second-order valence-electron chi connectivity index (χ2n) is 3.54. The molecule has 0 amide bonds. The van der Waals surface area contributed by atoms with Gasteiger partial charge in [0, 0.05) is 50.6 Å². The van der Waals surface area contributed by atoms with Crippen molar-refractivity contribution in [3.05, 3.63) is 30.4 Å². The molecule has 0 aliphatic rings. The highest BCUT2D eigenvalue weighted by Crippen LogP contribution is 2.19. The molecule has 0 aliphatic carbocycles.